The normalized spacial score (nSPS) is 14.9. The SMILES string of the molecule is C[C@H](O)CN(Cc1ccc(Cl)cc1)C[C@@H](C)O. The molecule has 96 valence electrons. The fraction of sp³-hybridized carbons (Fsp3) is 0.538. The van der Waals surface area contributed by atoms with Gasteiger partial charge in [-0.15, -0.1) is 0 Å². The monoisotopic (exact) mass is 257 g/mol. The minimum absolute atomic E-state index is 0.402. The summed E-state index contributed by atoms with van der Waals surface area (Å²) in [6, 6.07) is 7.61. The van der Waals surface area contributed by atoms with E-state index in [1.807, 2.05) is 29.2 Å². The number of aliphatic hydroxyl groups is 2. The van der Waals surface area contributed by atoms with E-state index in [1.54, 1.807) is 13.8 Å². The van der Waals surface area contributed by atoms with Crippen LogP contribution < -0.4 is 0 Å². The molecule has 2 N–H and O–H groups in total. The van der Waals surface area contributed by atoms with E-state index >= 15 is 0 Å². The molecule has 0 unspecified atom stereocenters. The number of hydrogen-bond acceptors (Lipinski definition) is 3. The fourth-order valence-corrected chi connectivity index (χ4v) is 1.92. The Morgan fingerprint density at radius 1 is 1.06 bits per heavy atom. The summed E-state index contributed by atoms with van der Waals surface area (Å²) in [5.74, 6) is 0. The number of nitrogens with zero attached hydrogens (tertiary/aromatic N) is 1. The van der Waals surface area contributed by atoms with Crippen molar-refractivity contribution in [3.63, 3.8) is 0 Å². The van der Waals surface area contributed by atoms with Gasteiger partial charge in [0.15, 0.2) is 0 Å². The van der Waals surface area contributed by atoms with Crippen molar-refractivity contribution in [3.05, 3.63) is 34.9 Å². The second kappa shape index (κ2) is 6.97. The second-order valence-electron chi connectivity index (χ2n) is 4.52. The van der Waals surface area contributed by atoms with Crippen LogP contribution in [0.5, 0.6) is 0 Å². The molecular formula is C13H20ClNO2. The smallest absolute Gasteiger partial charge is 0.0639 e. The maximum atomic E-state index is 9.41. The molecule has 1 rings (SSSR count). The highest BCUT2D eigenvalue weighted by Gasteiger charge is 2.11. The van der Waals surface area contributed by atoms with Crippen molar-refractivity contribution in [1.82, 2.24) is 4.90 Å². The largest absolute Gasteiger partial charge is 0.392 e. The van der Waals surface area contributed by atoms with E-state index in [0.29, 0.717) is 24.7 Å². The summed E-state index contributed by atoms with van der Waals surface area (Å²) >= 11 is 5.82. The van der Waals surface area contributed by atoms with Crippen LogP contribution in [0, 0.1) is 0 Å². The Morgan fingerprint density at radius 2 is 1.53 bits per heavy atom. The molecule has 0 bridgehead atoms. The molecule has 0 aliphatic rings. The molecule has 0 radical (unpaired) electrons. The third kappa shape index (κ3) is 6.03. The van der Waals surface area contributed by atoms with E-state index in [0.717, 1.165) is 5.56 Å². The Morgan fingerprint density at radius 3 is 1.94 bits per heavy atom. The summed E-state index contributed by atoms with van der Waals surface area (Å²) in [5, 5.41) is 19.5. The van der Waals surface area contributed by atoms with E-state index in [4.69, 9.17) is 11.6 Å². The molecule has 17 heavy (non-hydrogen) atoms. The van der Waals surface area contributed by atoms with Gasteiger partial charge in [0.1, 0.15) is 0 Å². The molecule has 0 spiro atoms. The Hall–Kier alpha value is -0.610. The zero-order valence-electron chi connectivity index (χ0n) is 10.3. The number of aliphatic hydroxyl groups excluding tert-OH is 2. The quantitative estimate of drug-likeness (QED) is 0.818. The van der Waals surface area contributed by atoms with Crippen molar-refractivity contribution in [2.45, 2.75) is 32.6 Å². The molecule has 0 amide bonds. The Balaban J connectivity index is 2.61. The minimum atomic E-state index is -0.402. The van der Waals surface area contributed by atoms with Crippen LogP contribution in [0.4, 0.5) is 0 Å². The molecule has 4 heteroatoms. The number of rotatable bonds is 6. The highest BCUT2D eigenvalue weighted by atomic mass is 35.5. The standard InChI is InChI=1S/C13H20ClNO2/c1-10(16)7-15(8-11(2)17)9-12-3-5-13(14)6-4-12/h3-6,10-11,16-17H,7-9H2,1-2H3/t10-,11+. The first-order valence-electron chi connectivity index (χ1n) is 5.80. The summed E-state index contributed by atoms with van der Waals surface area (Å²) in [4.78, 5) is 2.03. The van der Waals surface area contributed by atoms with E-state index in [-0.39, 0.29) is 0 Å². The van der Waals surface area contributed by atoms with Crippen LogP contribution in [0.25, 0.3) is 0 Å². The van der Waals surface area contributed by atoms with Gasteiger partial charge in [-0.25, -0.2) is 0 Å². The maximum absolute atomic E-state index is 9.41. The predicted octanol–water partition coefficient (Wildman–Crippen LogP) is 1.90. The van der Waals surface area contributed by atoms with Crippen LogP contribution in [0.3, 0.4) is 0 Å². The van der Waals surface area contributed by atoms with Crippen LogP contribution >= 0.6 is 11.6 Å². The van der Waals surface area contributed by atoms with Gasteiger partial charge in [-0.1, -0.05) is 23.7 Å². The third-order valence-electron chi connectivity index (χ3n) is 2.36. The average Bonchev–Trinajstić information content (AvgIpc) is 2.19. The van der Waals surface area contributed by atoms with Gasteiger partial charge >= 0.3 is 0 Å². The number of benzene rings is 1. The molecule has 1 aromatic carbocycles. The van der Waals surface area contributed by atoms with Gasteiger partial charge in [0.05, 0.1) is 12.2 Å². The summed E-state index contributed by atoms with van der Waals surface area (Å²) in [6.45, 7) is 5.29. The van der Waals surface area contributed by atoms with Crippen LogP contribution in [0.15, 0.2) is 24.3 Å². The van der Waals surface area contributed by atoms with Crippen molar-refractivity contribution in [2.24, 2.45) is 0 Å². The molecule has 0 fully saturated rings. The molecule has 0 aromatic heterocycles. The molecule has 2 atom stereocenters. The van der Waals surface area contributed by atoms with E-state index < -0.39 is 12.2 Å². The highest BCUT2D eigenvalue weighted by molar-refractivity contribution is 6.30. The zero-order valence-corrected chi connectivity index (χ0v) is 11.1. The molecule has 0 aliphatic carbocycles. The van der Waals surface area contributed by atoms with Crippen molar-refractivity contribution < 1.29 is 10.2 Å². The lowest BCUT2D eigenvalue weighted by atomic mass is 10.2. The first-order valence-corrected chi connectivity index (χ1v) is 6.18. The summed E-state index contributed by atoms with van der Waals surface area (Å²) in [6.07, 6.45) is -0.804. The molecule has 0 aliphatic heterocycles. The minimum Gasteiger partial charge on any atom is -0.392 e. The van der Waals surface area contributed by atoms with Crippen molar-refractivity contribution in [2.75, 3.05) is 13.1 Å². The Labute approximate surface area is 108 Å². The molecule has 1 aromatic rings. The molecule has 3 nitrogen and oxygen atoms in total. The third-order valence-corrected chi connectivity index (χ3v) is 2.62. The molecule has 0 saturated carbocycles. The highest BCUT2D eigenvalue weighted by Crippen LogP contribution is 2.12. The average molecular weight is 258 g/mol. The Kier molecular flexibility index (Phi) is 5.92. The second-order valence-corrected chi connectivity index (χ2v) is 4.96. The van der Waals surface area contributed by atoms with Crippen molar-refractivity contribution in [1.29, 1.82) is 0 Å². The first kappa shape index (κ1) is 14.5. The van der Waals surface area contributed by atoms with Gasteiger partial charge < -0.3 is 10.2 Å². The van der Waals surface area contributed by atoms with Crippen molar-refractivity contribution >= 4 is 11.6 Å². The maximum Gasteiger partial charge on any atom is 0.0639 e. The molecule has 0 saturated heterocycles. The lowest BCUT2D eigenvalue weighted by Gasteiger charge is -2.25. The zero-order chi connectivity index (χ0) is 12.8. The number of halogens is 1. The van der Waals surface area contributed by atoms with Crippen LogP contribution in [-0.4, -0.2) is 40.4 Å². The van der Waals surface area contributed by atoms with E-state index in [2.05, 4.69) is 0 Å². The lowest BCUT2D eigenvalue weighted by molar-refractivity contribution is 0.0794. The van der Waals surface area contributed by atoms with Gasteiger partial charge in [0.2, 0.25) is 0 Å². The molecular weight excluding hydrogens is 238 g/mol. The Bertz CT molecular complexity index is 315. The van der Waals surface area contributed by atoms with Crippen LogP contribution in [0.1, 0.15) is 19.4 Å². The summed E-state index contributed by atoms with van der Waals surface area (Å²) < 4.78 is 0. The van der Waals surface area contributed by atoms with Gasteiger partial charge in [0, 0.05) is 24.7 Å². The topological polar surface area (TPSA) is 43.7 Å². The van der Waals surface area contributed by atoms with Gasteiger partial charge in [-0.3, -0.25) is 4.90 Å². The van der Waals surface area contributed by atoms with E-state index in [1.165, 1.54) is 0 Å². The summed E-state index contributed by atoms with van der Waals surface area (Å²) in [5.41, 5.74) is 1.12. The van der Waals surface area contributed by atoms with Crippen molar-refractivity contribution in [3.8, 4) is 0 Å². The predicted molar refractivity (Wildman–Crippen MR) is 70.1 cm³/mol. The van der Waals surface area contributed by atoms with Gasteiger partial charge in [0.25, 0.3) is 0 Å². The van der Waals surface area contributed by atoms with Gasteiger partial charge in [-0.2, -0.15) is 0 Å². The van der Waals surface area contributed by atoms with Crippen LogP contribution in [0.2, 0.25) is 5.02 Å². The molecule has 0 heterocycles. The summed E-state index contributed by atoms with van der Waals surface area (Å²) in [7, 11) is 0. The first-order chi connectivity index (χ1) is 7.97. The van der Waals surface area contributed by atoms with E-state index in [9.17, 15) is 10.2 Å². The fourth-order valence-electron chi connectivity index (χ4n) is 1.80. The van der Waals surface area contributed by atoms with Gasteiger partial charge in [-0.05, 0) is 31.5 Å². The van der Waals surface area contributed by atoms with Crippen LogP contribution in [-0.2, 0) is 6.54 Å². The lowest BCUT2D eigenvalue weighted by Crippen LogP contribution is -2.35. The number of hydrogen-bond donors (Lipinski definition) is 2.